The van der Waals surface area contributed by atoms with Gasteiger partial charge in [-0.05, 0) is 49.4 Å². The second-order valence-corrected chi connectivity index (χ2v) is 5.84. The van der Waals surface area contributed by atoms with Crippen LogP contribution in [0.15, 0.2) is 30.6 Å². The fraction of sp³-hybridized carbons (Fsp3) is 0.471. The Balaban J connectivity index is 1.59. The van der Waals surface area contributed by atoms with Crippen molar-refractivity contribution >= 4 is 5.95 Å². The van der Waals surface area contributed by atoms with Gasteiger partial charge in [0.25, 0.3) is 0 Å². The number of imidazole rings is 1. The molecule has 1 N–H and O–H groups in total. The topological polar surface area (TPSA) is 29.9 Å². The van der Waals surface area contributed by atoms with Crippen molar-refractivity contribution in [3.05, 3.63) is 47.5 Å². The number of aryl methyl sites for hydroxylation is 1. The van der Waals surface area contributed by atoms with E-state index < -0.39 is 0 Å². The smallest absolute Gasteiger partial charge is 0.203 e. The molecule has 0 amide bonds. The summed E-state index contributed by atoms with van der Waals surface area (Å²) < 4.78 is 15.4. The average Bonchev–Trinajstić information content (AvgIpc) is 3.11. The number of halogens is 1. The van der Waals surface area contributed by atoms with E-state index in [1.165, 1.54) is 37.3 Å². The Labute approximate surface area is 125 Å². The standard InChI is InChI=1S/C17H22FN3/c1-13-12-15(18)7-6-14(13)8-9-19-17-20-10-11-21(17)16-4-2-3-5-16/h6-7,10-12,16H,2-5,8-9H2,1H3,(H,19,20). The van der Waals surface area contributed by atoms with E-state index in [1.807, 2.05) is 19.2 Å². The number of nitrogens with one attached hydrogen (secondary N) is 1. The van der Waals surface area contributed by atoms with Gasteiger partial charge >= 0.3 is 0 Å². The van der Waals surface area contributed by atoms with E-state index in [-0.39, 0.29) is 5.82 Å². The van der Waals surface area contributed by atoms with Gasteiger partial charge in [0.1, 0.15) is 5.82 Å². The van der Waals surface area contributed by atoms with E-state index in [1.54, 1.807) is 6.07 Å². The van der Waals surface area contributed by atoms with Gasteiger partial charge in [-0.3, -0.25) is 0 Å². The van der Waals surface area contributed by atoms with Crippen molar-refractivity contribution < 1.29 is 4.39 Å². The largest absolute Gasteiger partial charge is 0.355 e. The Morgan fingerprint density at radius 2 is 2.14 bits per heavy atom. The Hall–Kier alpha value is -1.84. The summed E-state index contributed by atoms with van der Waals surface area (Å²) in [4.78, 5) is 4.42. The maximum atomic E-state index is 13.1. The molecule has 1 aromatic heterocycles. The van der Waals surface area contributed by atoms with Gasteiger partial charge in [-0.25, -0.2) is 9.37 Å². The predicted molar refractivity (Wildman–Crippen MR) is 83.1 cm³/mol. The van der Waals surface area contributed by atoms with Crippen LogP contribution in [0.25, 0.3) is 0 Å². The molecule has 0 unspecified atom stereocenters. The van der Waals surface area contributed by atoms with Crippen molar-refractivity contribution in [1.29, 1.82) is 0 Å². The first kappa shape index (κ1) is 14.1. The highest BCUT2D eigenvalue weighted by Gasteiger charge is 2.18. The summed E-state index contributed by atoms with van der Waals surface area (Å²) in [6.45, 7) is 2.77. The SMILES string of the molecule is Cc1cc(F)ccc1CCNc1nccn1C1CCCC1. The molecule has 112 valence electrons. The fourth-order valence-electron chi connectivity index (χ4n) is 3.18. The number of nitrogens with zero attached hydrogens (tertiary/aromatic N) is 2. The van der Waals surface area contributed by atoms with Crippen molar-refractivity contribution in [3.63, 3.8) is 0 Å². The van der Waals surface area contributed by atoms with E-state index >= 15 is 0 Å². The molecule has 0 radical (unpaired) electrons. The van der Waals surface area contributed by atoms with Gasteiger partial charge in [-0.1, -0.05) is 18.9 Å². The minimum absolute atomic E-state index is 0.166. The zero-order valence-corrected chi connectivity index (χ0v) is 12.5. The first-order valence-corrected chi connectivity index (χ1v) is 7.76. The van der Waals surface area contributed by atoms with E-state index in [4.69, 9.17) is 0 Å². The molecule has 3 nitrogen and oxygen atoms in total. The number of hydrogen-bond acceptors (Lipinski definition) is 2. The fourth-order valence-corrected chi connectivity index (χ4v) is 3.18. The number of hydrogen-bond donors (Lipinski definition) is 1. The zero-order valence-electron chi connectivity index (χ0n) is 12.5. The van der Waals surface area contributed by atoms with Crippen LogP contribution in [-0.2, 0) is 6.42 Å². The maximum Gasteiger partial charge on any atom is 0.203 e. The molecule has 0 saturated heterocycles. The molecule has 2 aromatic rings. The molecule has 1 fully saturated rings. The van der Waals surface area contributed by atoms with Crippen LogP contribution in [0.2, 0.25) is 0 Å². The lowest BCUT2D eigenvalue weighted by atomic mass is 10.1. The van der Waals surface area contributed by atoms with E-state index in [2.05, 4.69) is 21.1 Å². The number of anilines is 1. The monoisotopic (exact) mass is 287 g/mol. The molecular formula is C17H22FN3. The van der Waals surface area contributed by atoms with E-state index in [0.29, 0.717) is 6.04 Å². The molecule has 1 saturated carbocycles. The third-order valence-corrected chi connectivity index (χ3v) is 4.37. The summed E-state index contributed by atoms with van der Waals surface area (Å²) >= 11 is 0. The highest BCUT2D eigenvalue weighted by Crippen LogP contribution is 2.31. The molecule has 1 aromatic carbocycles. The molecule has 0 aliphatic heterocycles. The Kier molecular flexibility index (Phi) is 4.23. The van der Waals surface area contributed by atoms with Gasteiger partial charge in [0.05, 0.1) is 0 Å². The number of aromatic nitrogens is 2. The minimum atomic E-state index is -0.166. The van der Waals surface area contributed by atoms with Gasteiger partial charge in [-0.15, -0.1) is 0 Å². The van der Waals surface area contributed by atoms with Gasteiger partial charge < -0.3 is 9.88 Å². The average molecular weight is 287 g/mol. The molecule has 3 rings (SSSR count). The second-order valence-electron chi connectivity index (χ2n) is 5.84. The molecule has 0 bridgehead atoms. The van der Waals surface area contributed by atoms with Crippen LogP contribution in [0.3, 0.4) is 0 Å². The maximum absolute atomic E-state index is 13.1. The lowest BCUT2D eigenvalue weighted by Crippen LogP contribution is -2.13. The van der Waals surface area contributed by atoms with Gasteiger partial charge in [-0.2, -0.15) is 0 Å². The van der Waals surface area contributed by atoms with Crippen LogP contribution in [0.5, 0.6) is 0 Å². The third kappa shape index (κ3) is 3.26. The van der Waals surface area contributed by atoms with Crippen LogP contribution in [0.1, 0.15) is 42.9 Å². The first-order valence-electron chi connectivity index (χ1n) is 7.76. The number of benzene rings is 1. The summed E-state index contributed by atoms with van der Waals surface area (Å²) in [5.41, 5.74) is 2.19. The summed E-state index contributed by atoms with van der Waals surface area (Å²) in [5, 5.41) is 3.42. The van der Waals surface area contributed by atoms with E-state index in [0.717, 1.165) is 24.5 Å². The lowest BCUT2D eigenvalue weighted by Gasteiger charge is -2.16. The zero-order chi connectivity index (χ0) is 14.7. The quantitative estimate of drug-likeness (QED) is 0.897. The highest BCUT2D eigenvalue weighted by molar-refractivity contribution is 5.30. The molecule has 0 spiro atoms. The normalized spacial score (nSPS) is 15.5. The summed E-state index contributed by atoms with van der Waals surface area (Å²) in [7, 11) is 0. The van der Waals surface area contributed by atoms with Crippen molar-refractivity contribution in [3.8, 4) is 0 Å². The summed E-state index contributed by atoms with van der Waals surface area (Å²) in [6, 6.07) is 5.59. The lowest BCUT2D eigenvalue weighted by molar-refractivity contribution is 0.523. The van der Waals surface area contributed by atoms with Crippen LogP contribution < -0.4 is 5.32 Å². The molecule has 1 heterocycles. The Morgan fingerprint density at radius 3 is 2.90 bits per heavy atom. The Morgan fingerprint density at radius 1 is 1.33 bits per heavy atom. The van der Waals surface area contributed by atoms with Crippen molar-refractivity contribution in [2.75, 3.05) is 11.9 Å². The Bertz CT molecular complexity index is 600. The molecule has 1 aliphatic carbocycles. The van der Waals surface area contributed by atoms with Crippen molar-refractivity contribution in [2.45, 2.75) is 45.1 Å². The van der Waals surface area contributed by atoms with Crippen LogP contribution in [-0.4, -0.2) is 16.1 Å². The molecular weight excluding hydrogens is 265 g/mol. The van der Waals surface area contributed by atoms with Gasteiger partial charge in [0.2, 0.25) is 5.95 Å². The summed E-state index contributed by atoms with van der Waals surface area (Å²) in [6.07, 6.45) is 9.95. The molecule has 1 aliphatic rings. The van der Waals surface area contributed by atoms with E-state index in [9.17, 15) is 4.39 Å². The van der Waals surface area contributed by atoms with Crippen LogP contribution in [0.4, 0.5) is 10.3 Å². The van der Waals surface area contributed by atoms with Crippen molar-refractivity contribution in [2.24, 2.45) is 0 Å². The molecule has 0 atom stereocenters. The van der Waals surface area contributed by atoms with Gasteiger partial charge in [0.15, 0.2) is 0 Å². The molecule has 21 heavy (non-hydrogen) atoms. The highest BCUT2D eigenvalue weighted by atomic mass is 19.1. The molecule has 4 heteroatoms. The third-order valence-electron chi connectivity index (χ3n) is 4.37. The van der Waals surface area contributed by atoms with Gasteiger partial charge in [0, 0.05) is 25.0 Å². The predicted octanol–water partition coefficient (Wildman–Crippen LogP) is 4.10. The summed E-state index contributed by atoms with van der Waals surface area (Å²) in [5.74, 6) is 0.794. The minimum Gasteiger partial charge on any atom is -0.355 e. The number of rotatable bonds is 5. The first-order chi connectivity index (χ1) is 10.2. The van der Waals surface area contributed by atoms with Crippen LogP contribution in [0, 0.1) is 12.7 Å². The van der Waals surface area contributed by atoms with Crippen molar-refractivity contribution in [1.82, 2.24) is 9.55 Å². The second kappa shape index (κ2) is 6.29. The van der Waals surface area contributed by atoms with Crippen LogP contribution >= 0.6 is 0 Å².